The molecule has 64 valence electrons. The molecular weight excluding hydrogens is 168 g/mol. The first kappa shape index (κ1) is 8.81. The van der Waals surface area contributed by atoms with Gasteiger partial charge in [0.1, 0.15) is 0 Å². The van der Waals surface area contributed by atoms with Gasteiger partial charge in [0.15, 0.2) is 0 Å². The molecule has 0 aliphatic carbocycles. The molecule has 0 aromatic heterocycles. The molecule has 0 amide bonds. The van der Waals surface area contributed by atoms with E-state index in [0.29, 0.717) is 6.61 Å². The number of hydrogen-bond donors (Lipinski definition) is 0. The molecule has 1 fully saturated rings. The summed E-state index contributed by atoms with van der Waals surface area (Å²) in [5.74, 6) is -0.345. The summed E-state index contributed by atoms with van der Waals surface area (Å²) in [6, 6.07) is 0. The maximum Gasteiger partial charge on any atom is 0.304 e. The minimum Gasteiger partial charge on any atom is -0.434 e. The Bertz CT molecular complexity index is 149. The Hall–Kier alpha value is -0.280. The molecule has 11 heavy (non-hydrogen) atoms. The Kier molecular flexibility index (Phi) is 3.15. The molecule has 1 rings (SSSR count). The molecule has 1 saturated heterocycles. The van der Waals surface area contributed by atoms with Gasteiger partial charge in [-0.1, -0.05) is 0 Å². The minimum atomic E-state index is -0.539. The second kappa shape index (κ2) is 3.93. The van der Waals surface area contributed by atoms with Crippen LogP contribution < -0.4 is 0 Å². The zero-order valence-electron chi connectivity index (χ0n) is 6.38. The molecule has 0 saturated carbocycles. The first-order valence-corrected chi connectivity index (χ1v) is 4.06. The van der Waals surface area contributed by atoms with Gasteiger partial charge in [-0.25, -0.2) is 0 Å². The molecule has 0 bridgehead atoms. The second-order valence-corrected chi connectivity index (χ2v) is 3.07. The summed E-state index contributed by atoms with van der Waals surface area (Å²) in [5, 5.41) is -0.187. The second-order valence-electron chi connectivity index (χ2n) is 2.51. The Balaban J connectivity index is 2.35. The van der Waals surface area contributed by atoms with Crippen LogP contribution in [0.4, 0.5) is 0 Å². The summed E-state index contributed by atoms with van der Waals surface area (Å²) in [6.07, 6.45) is 1.24. The molecule has 0 radical (unpaired) electrons. The zero-order valence-corrected chi connectivity index (χ0v) is 7.13. The first-order chi connectivity index (χ1) is 5.20. The molecule has 0 N–H and O–H groups in total. The highest BCUT2D eigenvalue weighted by Gasteiger charge is 2.26. The van der Waals surface area contributed by atoms with E-state index in [9.17, 15) is 4.79 Å². The minimum absolute atomic E-state index is 0.187. The van der Waals surface area contributed by atoms with Crippen LogP contribution in [0.1, 0.15) is 19.8 Å². The van der Waals surface area contributed by atoms with E-state index in [2.05, 4.69) is 0 Å². The highest BCUT2D eigenvalue weighted by molar-refractivity contribution is 6.21. The van der Waals surface area contributed by atoms with E-state index in [1.807, 2.05) is 0 Å². The first-order valence-electron chi connectivity index (χ1n) is 3.63. The maximum absolute atomic E-state index is 10.5. The predicted molar refractivity (Wildman–Crippen MR) is 40.4 cm³/mol. The molecule has 1 aliphatic heterocycles. The molecule has 0 aromatic carbocycles. The SMILES string of the molecule is CC(=O)O[C@H]1OCCC[C@H]1Cl. The summed E-state index contributed by atoms with van der Waals surface area (Å²) < 4.78 is 9.94. The fraction of sp³-hybridized carbons (Fsp3) is 0.857. The van der Waals surface area contributed by atoms with Crippen molar-refractivity contribution in [2.75, 3.05) is 6.61 Å². The fourth-order valence-corrected chi connectivity index (χ4v) is 1.27. The van der Waals surface area contributed by atoms with Gasteiger partial charge in [0, 0.05) is 6.92 Å². The number of rotatable bonds is 1. The number of esters is 1. The highest BCUT2D eigenvalue weighted by atomic mass is 35.5. The molecule has 2 atom stereocenters. The smallest absolute Gasteiger partial charge is 0.304 e. The molecule has 3 nitrogen and oxygen atoms in total. The quantitative estimate of drug-likeness (QED) is 0.449. The Morgan fingerprint density at radius 2 is 2.45 bits per heavy atom. The number of hydrogen-bond acceptors (Lipinski definition) is 3. The van der Waals surface area contributed by atoms with E-state index in [0.717, 1.165) is 12.8 Å². The molecule has 4 heteroatoms. The fourth-order valence-electron chi connectivity index (χ4n) is 0.990. The highest BCUT2D eigenvalue weighted by Crippen LogP contribution is 2.20. The number of ether oxygens (including phenoxy) is 2. The third kappa shape index (κ3) is 2.67. The van der Waals surface area contributed by atoms with E-state index >= 15 is 0 Å². The number of alkyl halides is 1. The van der Waals surface area contributed by atoms with Gasteiger partial charge < -0.3 is 9.47 Å². The summed E-state index contributed by atoms with van der Waals surface area (Å²) in [6.45, 7) is 1.97. The Morgan fingerprint density at radius 1 is 1.73 bits per heavy atom. The average molecular weight is 179 g/mol. The maximum atomic E-state index is 10.5. The predicted octanol–water partition coefficient (Wildman–Crippen LogP) is 1.29. The topological polar surface area (TPSA) is 35.5 Å². The van der Waals surface area contributed by atoms with Crippen LogP contribution in [0.3, 0.4) is 0 Å². The summed E-state index contributed by atoms with van der Waals surface area (Å²) in [7, 11) is 0. The van der Waals surface area contributed by atoms with E-state index in [1.54, 1.807) is 0 Å². The zero-order chi connectivity index (χ0) is 8.27. The van der Waals surface area contributed by atoms with E-state index < -0.39 is 6.29 Å². The molecule has 0 spiro atoms. The monoisotopic (exact) mass is 178 g/mol. The van der Waals surface area contributed by atoms with Crippen LogP contribution in [0, 0.1) is 0 Å². The van der Waals surface area contributed by atoms with Crippen LogP contribution in [-0.2, 0) is 14.3 Å². The lowest BCUT2D eigenvalue weighted by Crippen LogP contribution is -2.33. The Morgan fingerprint density at radius 3 is 3.00 bits per heavy atom. The van der Waals surface area contributed by atoms with Crippen LogP contribution in [-0.4, -0.2) is 24.2 Å². The lowest BCUT2D eigenvalue weighted by molar-refractivity contribution is -0.182. The van der Waals surface area contributed by atoms with E-state index in [-0.39, 0.29) is 11.3 Å². The van der Waals surface area contributed by atoms with Crippen molar-refractivity contribution in [1.82, 2.24) is 0 Å². The van der Waals surface area contributed by atoms with Gasteiger partial charge in [0.2, 0.25) is 6.29 Å². The number of carbonyl (C=O) groups is 1. The van der Waals surface area contributed by atoms with Crippen molar-refractivity contribution in [2.45, 2.75) is 31.4 Å². The van der Waals surface area contributed by atoms with Crippen LogP contribution in [0.25, 0.3) is 0 Å². The van der Waals surface area contributed by atoms with Crippen molar-refractivity contribution in [1.29, 1.82) is 0 Å². The van der Waals surface area contributed by atoms with Crippen LogP contribution in [0.5, 0.6) is 0 Å². The van der Waals surface area contributed by atoms with Crippen LogP contribution in [0.15, 0.2) is 0 Å². The Labute approximate surface area is 70.6 Å². The lowest BCUT2D eigenvalue weighted by Gasteiger charge is -2.26. The molecule has 0 unspecified atom stereocenters. The normalized spacial score (nSPS) is 31.5. The van der Waals surface area contributed by atoms with Gasteiger partial charge in [-0.15, -0.1) is 11.6 Å². The van der Waals surface area contributed by atoms with E-state index in [1.165, 1.54) is 6.92 Å². The van der Waals surface area contributed by atoms with Crippen molar-refractivity contribution in [2.24, 2.45) is 0 Å². The van der Waals surface area contributed by atoms with Gasteiger partial charge >= 0.3 is 5.97 Å². The van der Waals surface area contributed by atoms with Crippen molar-refractivity contribution in [3.63, 3.8) is 0 Å². The van der Waals surface area contributed by atoms with Gasteiger partial charge in [0.25, 0.3) is 0 Å². The van der Waals surface area contributed by atoms with Gasteiger partial charge in [0.05, 0.1) is 12.0 Å². The third-order valence-corrected chi connectivity index (χ3v) is 1.91. The van der Waals surface area contributed by atoms with E-state index in [4.69, 9.17) is 21.1 Å². The molecule has 1 aliphatic rings. The molecular formula is C7H11ClO3. The van der Waals surface area contributed by atoms with Crippen molar-refractivity contribution >= 4 is 17.6 Å². The largest absolute Gasteiger partial charge is 0.434 e. The van der Waals surface area contributed by atoms with Crippen molar-refractivity contribution in [3.05, 3.63) is 0 Å². The summed E-state index contributed by atoms with van der Waals surface area (Å²) in [5.41, 5.74) is 0. The molecule has 0 aromatic rings. The van der Waals surface area contributed by atoms with Crippen LogP contribution >= 0.6 is 11.6 Å². The van der Waals surface area contributed by atoms with Gasteiger partial charge in [-0.05, 0) is 12.8 Å². The van der Waals surface area contributed by atoms with Crippen molar-refractivity contribution < 1.29 is 14.3 Å². The molecule has 1 heterocycles. The third-order valence-electron chi connectivity index (χ3n) is 1.48. The summed E-state index contributed by atoms with van der Waals surface area (Å²) >= 11 is 5.82. The van der Waals surface area contributed by atoms with Gasteiger partial charge in [-0.3, -0.25) is 4.79 Å². The van der Waals surface area contributed by atoms with Gasteiger partial charge in [-0.2, -0.15) is 0 Å². The number of halogens is 1. The average Bonchev–Trinajstić information content (AvgIpc) is 1.93. The van der Waals surface area contributed by atoms with Crippen molar-refractivity contribution in [3.8, 4) is 0 Å². The lowest BCUT2D eigenvalue weighted by atomic mass is 10.2. The summed E-state index contributed by atoms with van der Waals surface area (Å²) in [4.78, 5) is 10.5. The standard InChI is InChI=1S/C7H11ClO3/c1-5(9)11-7-6(8)3-2-4-10-7/h6-7H,2-4H2,1H3/t6-,7-/m1/s1. The number of carbonyl (C=O) groups excluding carboxylic acids is 1. The van der Waals surface area contributed by atoms with Crippen LogP contribution in [0.2, 0.25) is 0 Å².